The van der Waals surface area contributed by atoms with Crippen LogP contribution in [0.3, 0.4) is 0 Å². The van der Waals surface area contributed by atoms with Crippen molar-refractivity contribution in [2.24, 2.45) is 0 Å². The summed E-state index contributed by atoms with van der Waals surface area (Å²) in [6, 6.07) is 10.0. The molecule has 0 atom stereocenters. The fraction of sp³-hybridized carbons (Fsp3) is 0.143. The molecular formula is C14H12FN3OS. The van der Waals surface area contributed by atoms with E-state index in [-0.39, 0.29) is 12.4 Å². The highest BCUT2D eigenvalue weighted by atomic mass is 32.1. The Labute approximate surface area is 119 Å². The van der Waals surface area contributed by atoms with Crippen LogP contribution in [0, 0.1) is 5.82 Å². The second kappa shape index (κ2) is 5.52. The van der Waals surface area contributed by atoms with E-state index in [9.17, 15) is 9.50 Å². The highest BCUT2D eigenvalue weighted by Crippen LogP contribution is 2.20. The predicted molar refractivity (Wildman–Crippen MR) is 74.4 cm³/mol. The third kappa shape index (κ3) is 2.48. The van der Waals surface area contributed by atoms with E-state index < -0.39 is 0 Å². The van der Waals surface area contributed by atoms with Crippen molar-refractivity contribution in [3.8, 4) is 5.69 Å². The van der Waals surface area contributed by atoms with Crippen LogP contribution in [0.1, 0.15) is 16.3 Å². The molecule has 3 rings (SSSR count). The summed E-state index contributed by atoms with van der Waals surface area (Å²) in [5.74, 6) is -0.295. The Balaban J connectivity index is 2.02. The molecule has 1 N–H and O–H groups in total. The van der Waals surface area contributed by atoms with E-state index in [1.54, 1.807) is 28.2 Å². The topological polar surface area (TPSA) is 50.9 Å². The monoisotopic (exact) mass is 289 g/mol. The fourth-order valence-electron chi connectivity index (χ4n) is 2.00. The van der Waals surface area contributed by atoms with Gasteiger partial charge in [0.2, 0.25) is 0 Å². The molecule has 2 heterocycles. The largest absolute Gasteiger partial charge is 0.390 e. The molecule has 3 aromatic rings. The summed E-state index contributed by atoms with van der Waals surface area (Å²) in [4.78, 5) is 1.16. The molecule has 1 aromatic carbocycles. The van der Waals surface area contributed by atoms with Crippen molar-refractivity contribution in [1.29, 1.82) is 0 Å². The molecule has 102 valence electrons. The Morgan fingerprint density at radius 1 is 1.20 bits per heavy atom. The molecule has 0 saturated heterocycles. The number of hydrogen-bond acceptors (Lipinski definition) is 4. The van der Waals surface area contributed by atoms with Gasteiger partial charge in [-0.1, -0.05) is 11.3 Å². The average Bonchev–Trinajstić information content (AvgIpc) is 3.10. The van der Waals surface area contributed by atoms with Crippen molar-refractivity contribution < 1.29 is 9.50 Å². The van der Waals surface area contributed by atoms with Crippen molar-refractivity contribution in [3.63, 3.8) is 0 Å². The average molecular weight is 289 g/mol. The molecule has 0 amide bonds. The number of benzene rings is 1. The SMILES string of the molecule is OCc1nnn(-c2ccc(F)cc2)c1Cc1cccs1. The zero-order chi connectivity index (χ0) is 13.9. The zero-order valence-corrected chi connectivity index (χ0v) is 11.3. The molecular weight excluding hydrogens is 277 g/mol. The van der Waals surface area contributed by atoms with E-state index in [2.05, 4.69) is 10.3 Å². The second-order valence-electron chi connectivity index (χ2n) is 4.29. The summed E-state index contributed by atoms with van der Waals surface area (Å²) in [7, 11) is 0. The smallest absolute Gasteiger partial charge is 0.123 e. The van der Waals surface area contributed by atoms with Gasteiger partial charge in [0.25, 0.3) is 0 Å². The number of halogens is 1. The maximum atomic E-state index is 13.0. The molecule has 20 heavy (non-hydrogen) atoms. The minimum Gasteiger partial charge on any atom is -0.390 e. The lowest BCUT2D eigenvalue weighted by molar-refractivity contribution is 0.275. The number of aromatic nitrogens is 3. The van der Waals surface area contributed by atoms with Gasteiger partial charge in [-0.05, 0) is 35.7 Å². The first kappa shape index (κ1) is 13.0. The van der Waals surface area contributed by atoms with Crippen LogP contribution in [-0.4, -0.2) is 20.1 Å². The van der Waals surface area contributed by atoms with Gasteiger partial charge in [-0.3, -0.25) is 0 Å². The Morgan fingerprint density at radius 2 is 2.00 bits per heavy atom. The van der Waals surface area contributed by atoms with Crippen LogP contribution < -0.4 is 0 Å². The first-order valence-electron chi connectivity index (χ1n) is 6.10. The minimum atomic E-state index is -0.295. The summed E-state index contributed by atoms with van der Waals surface area (Å²) in [6.07, 6.45) is 0.637. The van der Waals surface area contributed by atoms with E-state index in [0.717, 1.165) is 16.3 Å². The third-order valence-electron chi connectivity index (χ3n) is 2.99. The normalized spacial score (nSPS) is 10.9. The fourth-order valence-corrected chi connectivity index (χ4v) is 2.71. The van der Waals surface area contributed by atoms with Crippen molar-refractivity contribution >= 4 is 11.3 Å². The van der Waals surface area contributed by atoms with Crippen molar-refractivity contribution in [1.82, 2.24) is 15.0 Å². The molecule has 4 nitrogen and oxygen atoms in total. The van der Waals surface area contributed by atoms with E-state index in [0.29, 0.717) is 12.1 Å². The van der Waals surface area contributed by atoms with Gasteiger partial charge in [0.05, 0.1) is 18.0 Å². The van der Waals surface area contributed by atoms with Crippen LogP contribution >= 0.6 is 11.3 Å². The first-order valence-corrected chi connectivity index (χ1v) is 6.98. The number of hydrogen-bond donors (Lipinski definition) is 1. The number of aliphatic hydroxyl groups excluding tert-OH is 1. The molecule has 0 spiro atoms. The van der Waals surface area contributed by atoms with Crippen LogP contribution in [0.15, 0.2) is 41.8 Å². The van der Waals surface area contributed by atoms with Crippen LogP contribution in [0.25, 0.3) is 5.69 Å². The molecule has 0 unspecified atom stereocenters. The van der Waals surface area contributed by atoms with E-state index >= 15 is 0 Å². The Kier molecular flexibility index (Phi) is 3.58. The highest BCUT2D eigenvalue weighted by Gasteiger charge is 2.14. The van der Waals surface area contributed by atoms with Crippen LogP contribution in [-0.2, 0) is 13.0 Å². The van der Waals surface area contributed by atoms with E-state index in [1.807, 2.05) is 17.5 Å². The quantitative estimate of drug-likeness (QED) is 0.803. The molecule has 0 fully saturated rings. The van der Waals surface area contributed by atoms with E-state index in [4.69, 9.17) is 0 Å². The molecule has 0 aliphatic heterocycles. The standard InChI is InChI=1S/C14H12FN3OS/c15-10-3-5-11(6-4-10)18-14(13(9-19)16-17-18)8-12-2-1-7-20-12/h1-7,19H,8-9H2. The lowest BCUT2D eigenvalue weighted by Crippen LogP contribution is -2.04. The lowest BCUT2D eigenvalue weighted by atomic mass is 10.2. The van der Waals surface area contributed by atoms with Crippen LogP contribution in [0.5, 0.6) is 0 Å². The first-order chi connectivity index (χ1) is 9.78. The summed E-state index contributed by atoms with van der Waals surface area (Å²) in [5.41, 5.74) is 2.09. The molecule has 0 radical (unpaired) electrons. The molecule has 6 heteroatoms. The van der Waals surface area contributed by atoms with Gasteiger partial charge < -0.3 is 5.11 Å². The number of aliphatic hydroxyl groups is 1. The zero-order valence-electron chi connectivity index (χ0n) is 10.5. The Hall–Kier alpha value is -2.05. The summed E-state index contributed by atoms with van der Waals surface area (Å²) >= 11 is 1.64. The maximum absolute atomic E-state index is 13.0. The van der Waals surface area contributed by atoms with Crippen LogP contribution in [0.4, 0.5) is 4.39 Å². The lowest BCUT2D eigenvalue weighted by Gasteiger charge is -2.06. The van der Waals surface area contributed by atoms with Gasteiger partial charge in [0, 0.05) is 11.3 Å². The van der Waals surface area contributed by atoms with Gasteiger partial charge >= 0.3 is 0 Å². The van der Waals surface area contributed by atoms with Gasteiger partial charge in [-0.15, -0.1) is 16.4 Å². The molecule has 0 saturated carbocycles. The number of nitrogens with zero attached hydrogens (tertiary/aromatic N) is 3. The maximum Gasteiger partial charge on any atom is 0.123 e. The summed E-state index contributed by atoms with van der Waals surface area (Å²) in [5, 5.41) is 19.4. The summed E-state index contributed by atoms with van der Waals surface area (Å²) < 4.78 is 14.6. The Morgan fingerprint density at radius 3 is 2.65 bits per heavy atom. The Bertz CT molecular complexity index is 692. The number of rotatable bonds is 4. The van der Waals surface area contributed by atoms with Gasteiger partial charge in [0.1, 0.15) is 11.5 Å². The van der Waals surface area contributed by atoms with Crippen LogP contribution in [0.2, 0.25) is 0 Å². The summed E-state index contributed by atoms with van der Waals surface area (Å²) in [6.45, 7) is -0.165. The molecule has 2 aromatic heterocycles. The number of thiophene rings is 1. The minimum absolute atomic E-state index is 0.165. The van der Waals surface area contributed by atoms with Gasteiger partial charge in [-0.25, -0.2) is 9.07 Å². The predicted octanol–water partition coefficient (Wildman–Crippen LogP) is 2.55. The van der Waals surface area contributed by atoms with E-state index in [1.165, 1.54) is 12.1 Å². The van der Waals surface area contributed by atoms with Gasteiger partial charge in [-0.2, -0.15) is 0 Å². The third-order valence-corrected chi connectivity index (χ3v) is 3.86. The highest BCUT2D eigenvalue weighted by molar-refractivity contribution is 7.09. The van der Waals surface area contributed by atoms with Crippen molar-refractivity contribution in [3.05, 3.63) is 63.9 Å². The molecule has 0 bridgehead atoms. The molecule has 0 aliphatic rings. The molecule has 0 aliphatic carbocycles. The second-order valence-corrected chi connectivity index (χ2v) is 5.32. The van der Waals surface area contributed by atoms with Crippen molar-refractivity contribution in [2.45, 2.75) is 13.0 Å². The van der Waals surface area contributed by atoms with Crippen molar-refractivity contribution in [2.75, 3.05) is 0 Å². The van der Waals surface area contributed by atoms with Gasteiger partial charge in [0.15, 0.2) is 0 Å².